The lowest BCUT2D eigenvalue weighted by molar-refractivity contribution is 0.102. The monoisotopic (exact) mass is 450 g/mol. The van der Waals surface area contributed by atoms with Crippen molar-refractivity contribution in [3.63, 3.8) is 0 Å². The standard InChI is InChI=1S/C24H18N8O2/c1-31-15-26-30-23(31)32-20-7-3-2-6-19(20)28-24(32)34-14-18-5-4-8-21(27-18)29-22(33)17-11-9-16(13-25)10-12-17/h2-12,15H,14H2,1H3,(H,27,29,33). The molecule has 2 aromatic carbocycles. The number of carbonyl (C=O) groups excluding carboxylic acids is 1. The first kappa shape index (κ1) is 20.8. The first-order valence-corrected chi connectivity index (χ1v) is 10.3. The highest BCUT2D eigenvalue weighted by atomic mass is 16.5. The largest absolute Gasteiger partial charge is 0.458 e. The molecule has 3 aromatic heterocycles. The Morgan fingerprint density at radius 2 is 1.88 bits per heavy atom. The number of rotatable bonds is 6. The topological polar surface area (TPSA) is 124 Å². The number of para-hydroxylation sites is 2. The van der Waals surface area contributed by atoms with E-state index in [1.807, 2.05) is 37.4 Å². The predicted molar refractivity (Wildman–Crippen MR) is 123 cm³/mol. The van der Waals surface area contributed by atoms with Crippen LogP contribution in [0.5, 0.6) is 6.01 Å². The molecule has 0 aliphatic heterocycles. The van der Waals surface area contributed by atoms with E-state index in [9.17, 15) is 4.79 Å². The minimum absolute atomic E-state index is 0.127. The molecular formula is C24H18N8O2. The number of fused-ring (bicyclic) bond motifs is 1. The molecule has 5 aromatic rings. The van der Waals surface area contributed by atoms with Gasteiger partial charge in [0, 0.05) is 12.6 Å². The summed E-state index contributed by atoms with van der Waals surface area (Å²) in [6.07, 6.45) is 1.61. The van der Waals surface area contributed by atoms with Crippen LogP contribution in [0.15, 0.2) is 73.1 Å². The van der Waals surface area contributed by atoms with Crippen molar-refractivity contribution in [3.05, 3.63) is 89.9 Å². The van der Waals surface area contributed by atoms with Crippen molar-refractivity contribution in [3.8, 4) is 18.0 Å². The molecule has 1 amide bonds. The molecule has 10 heteroatoms. The molecule has 0 spiro atoms. The van der Waals surface area contributed by atoms with Gasteiger partial charge in [-0.3, -0.25) is 4.79 Å². The van der Waals surface area contributed by atoms with Crippen molar-refractivity contribution < 1.29 is 9.53 Å². The molecular weight excluding hydrogens is 432 g/mol. The van der Waals surface area contributed by atoms with E-state index in [0.717, 1.165) is 11.0 Å². The zero-order chi connectivity index (χ0) is 23.5. The van der Waals surface area contributed by atoms with Crippen LogP contribution in [0.2, 0.25) is 0 Å². The lowest BCUT2D eigenvalue weighted by Gasteiger charge is -2.10. The van der Waals surface area contributed by atoms with Crippen LogP contribution in [0, 0.1) is 11.3 Å². The van der Waals surface area contributed by atoms with Gasteiger partial charge in [0.1, 0.15) is 18.8 Å². The zero-order valence-corrected chi connectivity index (χ0v) is 18.1. The highest BCUT2D eigenvalue weighted by Gasteiger charge is 2.17. The van der Waals surface area contributed by atoms with Crippen LogP contribution in [0.1, 0.15) is 21.6 Å². The number of ether oxygens (including phenoxy) is 1. The van der Waals surface area contributed by atoms with Crippen LogP contribution >= 0.6 is 0 Å². The summed E-state index contributed by atoms with van der Waals surface area (Å²) in [7, 11) is 1.84. The number of benzene rings is 2. The van der Waals surface area contributed by atoms with Gasteiger partial charge in [0.25, 0.3) is 5.91 Å². The molecule has 166 valence electrons. The predicted octanol–water partition coefficient (Wildman–Crippen LogP) is 3.25. The zero-order valence-electron chi connectivity index (χ0n) is 18.1. The van der Waals surface area contributed by atoms with Crippen LogP contribution in [-0.2, 0) is 13.7 Å². The third kappa shape index (κ3) is 4.05. The maximum Gasteiger partial charge on any atom is 0.304 e. The summed E-state index contributed by atoms with van der Waals surface area (Å²) in [5.74, 6) is 0.636. The molecule has 0 bridgehead atoms. The van der Waals surface area contributed by atoms with Crippen molar-refractivity contribution in [2.75, 3.05) is 5.32 Å². The lowest BCUT2D eigenvalue weighted by atomic mass is 10.1. The van der Waals surface area contributed by atoms with Crippen molar-refractivity contribution in [1.82, 2.24) is 29.3 Å². The van der Waals surface area contributed by atoms with Gasteiger partial charge in [-0.25, -0.2) is 9.55 Å². The van der Waals surface area contributed by atoms with Crippen molar-refractivity contribution >= 4 is 22.8 Å². The van der Waals surface area contributed by atoms with E-state index in [-0.39, 0.29) is 12.5 Å². The van der Waals surface area contributed by atoms with Crippen LogP contribution in [0.25, 0.3) is 17.0 Å². The van der Waals surface area contributed by atoms with Gasteiger partial charge in [-0.15, -0.1) is 10.2 Å². The summed E-state index contributed by atoms with van der Waals surface area (Å²) in [6, 6.07) is 21.7. The Bertz CT molecular complexity index is 1530. The van der Waals surface area contributed by atoms with E-state index >= 15 is 0 Å². The maximum absolute atomic E-state index is 12.5. The van der Waals surface area contributed by atoms with E-state index in [2.05, 4.69) is 25.5 Å². The number of amides is 1. The average Bonchev–Trinajstić information content (AvgIpc) is 3.45. The Labute approximate surface area is 194 Å². The molecule has 0 fully saturated rings. The van der Waals surface area contributed by atoms with Gasteiger partial charge < -0.3 is 14.6 Å². The fraction of sp³-hybridized carbons (Fsp3) is 0.0833. The Kier molecular flexibility index (Phi) is 5.42. The molecule has 0 atom stereocenters. The van der Waals surface area contributed by atoms with Gasteiger partial charge >= 0.3 is 6.01 Å². The van der Waals surface area contributed by atoms with Crippen molar-refractivity contribution in [1.29, 1.82) is 5.26 Å². The molecule has 3 heterocycles. The van der Waals surface area contributed by atoms with E-state index in [4.69, 9.17) is 10.00 Å². The van der Waals surface area contributed by atoms with Crippen LogP contribution < -0.4 is 10.1 Å². The first-order chi connectivity index (χ1) is 16.6. The summed E-state index contributed by atoms with van der Waals surface area (Å²) in [5.41, 5.74) is 3.12. The van der Waals surface area contributed by atoms with Gasteiger partial charge in [-0.1, -0.05) is 18.2 Å². The second-order valence-corrected chi connectivity index (χ2v) is 7.41. The average molecular weight is 450 g/mol. The van der Waals surface area contributed by atoms with Gasteiger partial charge in [0.05, 0.1) is 28.4 Å². The molecule has 0 radical (unpaired) electrons. The van der Waals surface area contributed by atoms with Gasteiger partial charge in [-0.2, -0.15) is 10.2 Å². The summed E-state index contributed by atoms with van der Waals surface area (Å²) >= 11 is 0. The van der Waals surface area contributed by atoms with E-state index in [1.54, 1.807) is 57.9 Å². The number of aryl methyl sites for hydroxylation is 1. The Morgan fingerprint density at radius 1 is 1.06 bits per heavy atom. The maximum atomic E-state index is 12.5. The van der Waals surface area contributed by atoms with Crippen molar-refractivity contribution in [2.24, 2.45) is 7.05 Å². The van der Waals surface area contributed by atoms with Crippen LogP contribution in [0.4, 0.5) is 5.82 Å². The highest BCUT2D eigenvalue weighted by molar-refractivity contribution is 6.03. The third-order valence-electron chi connectivity index (χ3n) is 5.09. The number of nitriles is 1. The van der Waals surface area contributed by atoms with Gasteiger partial charge in [0.2, 0.25) is 5.95 Å². The number of nitrogens with zero attached hydrogens (tertiary/aromatic N) is 7. The molecule has 34 heavy (non-hydrogen) atoms. The number of anilines is 1. The van der Waals surface area contributed by atoms with E-state index in [0.29, 0.717) is 34.6 Å². The molecule has 0 saturated carbocycles. The Balaban J connectivity index is 1.35. The van der Waals surface area contributed by atoms with E-state index in [1.165, 1.54) is 0 Å². The summed E-state index contributed by atoms with van der Waals surface area (Å²) < 4.78 is 9.59. The quantitative estimate of drug-likeness (QED) is 0.421. The fourth-order valence-electron chi connectivity index (χ4n) is 3.43. The smallest absolute Gasteiger partial charge is 0.304 e. The SMILES string of the molecule is Cn1cnnc1-n1c(OCc2cccc(NC(=O)c3ccc(C#N)cc3)n2)nc2ccccc21. The molecule has 0 aliphatic rings. The van der Waals surface area contributed by atoms with Crippen molar-refractivity contribution in [2.45, 2.75) is 6.61 Å². The van der Waals surface area contributed by atoms with Crippen LogP contribution in [0.3, 0.4) is 0 Å². The second-order valence-electron chi connectivity index (χ2n) is 7.41. The normalized spacial score (nSPS) is 10.7. The number of imidazole rings is 1. The summed E-state index contributed by atoms with van der Waals surface area (Å²) in [6.45, 7) is 0.127. The number of hydrogen-bond acceptors (Lipinski definition) is 7. The molecule has 10 nitrogen and oxygen atoms in total. The van der Waals surface area contributed by atoms with Gasteiger partial charge in [0.15, 0.2) is 0 Å². The number of hydrogen-bond donors (Lipinski definition) is 1. The van der Waals surface area contributed by atoms with E-state index < -0.39 is 0 Å². The Hall–Kier alpha value is -5.04. The lowest BCUT2D eigenvalue weighted by Crippen LogP contribution is -2.14. The number of aromatic nitrogens is 6. The fourth-order valence-corrected chi connectivity index (χ4v) is 3.43. The molecule has 5 rings (SSSR count). The van der Waals surface area contributed by atoms with Gasteiger partial charge in [-0.05, 0) is 48.5 Å². The Morgan fingerprint density at radius 3 is 2.65 bits per heavy atom. The number of nitrogens with one attached hydrogen (secondary N) is 1. The van der Waals surface area contributed by atoms with Crippen LogP contribution in [-0.4, -0.2) is 35.2 Å². The minimum atomic E-state index is -0.320. The molecule has 1 N–H and O–H groups in total. The number of pyridine rings is 1. The second kappa shape index (κ2) is 8.84. The first-order valence-electron chi connectivity index (χ1n) is 10.3. The number of carbonyl (C=O) groups is 1. The molecule has 0 unspecified atom stereocenters. The summed E-state index contributed by atoms with van der Waals surface area (Å²) in [5, 5.41) is 19.8. The third-order valence-corrected chi connectivity index (χ3v) is 5.09. The molecule has 0 aliphatic carbocycles. The molecule has 0 saturated heterocycles. The minimum Gasteiger partial charge on any atom is -0.458 e. The highest BCUT2D eigenvalue weighted by Crippen LogP contribution is 2.25. The summed E-state index contributed by atoms with van der Waals surface area (Å²) in [4.78, 5) is 21.6.